The fourth-order valence-corrected chi connectivity index (χ4v) is 3.82. The molecule has 0 bridgehead atoms. The van der Waals surface area contributed by atoms with Crippen LogP contribution in [0.2, 0.25) is 0 Å². The van der Waals surface area contributed by atoms with Crippen LogP contribution in [-0.2, 0) is 4.74 Å². The predicted octanol–water partition coefficient (Wildman–Crippen LogP) is 2.60. The predicted molar refractivity (Wildman–Crippen MR) is 108 cm³/mol. The minimum absolute atomic E-state index is 0.216. The smallest absolute Gasteiger partial charge is 0.208 e. The van der Waals surface area contributed by atoms with E-state index in [4.69, 9.17) is 4.74 Å². The lowest BCUT2D eigenvalue weighted by molar-refractivity contribution is -0.0661. The molecule has 2 aromatic heterocycles. The van der Waals surface area contributed by atoms with E-state index in [1.807, 2.05) is 11.0 Å². The zero-order valence-corrected chi connectivity index (χ0v) is 17.0. The summed E-state index contributed by atoms with van der Waals surface area (Å²) in [4.78, 5) is 13.6. The minimum atomic E-state index is -0.399. The van der Waals surface area contributed by atoms with Crippen LogP contribution < -0.4 is 10.2 Å². The van der Waals surface area contributed by atoms with Crippen molar-refractivity contribution in [1.82, 2.24) is 25.1 Å². The van der Waals surface area contributed by atoms with Gasteiger partial charge in [-0.25, -0.2) is 9.97 Å². The molecule has 3 fully saturated rings. The summed E-state index contributed by atoms with van der Waals surface area (Å²) in [6.45, 7) is 9.10. The van der Waals surface area contributed by atoms with Gasteiger partial charge in [-0.1, -0.05) is 13.8 Å². The summed E-state index contributed by atoms with van der Waals surface area (Å²) in [6, 6.07) is 2.42. The van der Waals surface area contributed by atoms with Crippen LogP contribution in [0.1, 0.15) is 50.0 Å². The molecule has 29 heavy (non-hydrogen) atoms. The third-order valence-corrected chi connectivity index (χ3v) is 6.01. The molecule has 2 aromatic rings. The first-order valence-electron chi connectivity index (χ1n) is 10.5. The molecule has 4 heterocycles. The highest BCUT2D eigenvalue weighted by molar-refractivity contribution is 5.59. The Morgan fingerprint density at radius 3 is 2.52 bits per heavy atom. The number of halogens is 1. The summed E-state index contributed by atoms with van der Waals surface area (Å²) < 4.78 is 20.7. The third kappa shape index (κ3) is 3.81. The van der Waals surface area contributed by atoms with Crippen molar-refractivity contribution in [2.24, 2.45) is 0 Å². The molecule has 5 rings (SSSR count). The summed E-state index contributed by atoms with van der Waals surface area (Å²) >= 11 is 0. The zero-order chi connectivity index (χ0) is 20.0. The highest BCUT2D eigenvalue weighted by atomic mass is 19.1. The Labute approximate surface area is 169 Å². The standard InChI is InChI=1S/C20H28FN7O/c1-12(2)15-9-16(26-25-15)22-19-17(21)20(24-18(23-19)13-3-4-13)28-7-5-27(6-8-28)14-10-29-11-14/h9,12-14H,3-8,10-11H2,1-2H3,(H2,22,23,24,25,26). The molecule has 9 heteroatoms. The van der Waals surface area contributed by atoms with Crippen molar-refractivity contribution >= 4 is 17.5 Å². The van der Waals surface area contributed by atoms with Gasteiger partial charge in [-0.2, -0.15) is 9.49 Å². The molecule has 3 aliphatic rings. The van der Waals surface area contributed by atoms with Gasteiger partial charge >= 0.3 is 0 Å². The molecule has 0 amide bonds. The van der Waals surface area contributed by atoms with Crippen LogP contribution in [0.3, 0.4) is 0 Å². The lowest BCUT2D eigenvalue weighted by Gasteiger charge is -2.42. The van der Waals surface area contributed by atoms with Crippen LogP contribution in [0.15, 0.2) is 6.07 Å². The van der Waals surface area contributed by atoms with Crippen LogP contribution in [0.5, 0.6) is 0 Å². The van der Waals surface area contributed by atoms with E-state index in [0.717, 1.165) is 63.8 Å². The van der Waals surface area contributed by atoms with Gasteiger partial charge in [-0.05, 0) is 18.8 Å². The van der Waals surface area contributed by atoms with Crippen molar-refractivity contribution in [2.75, 3.05) is 49.6 Å². The van der Waals surface area contributed by atoms with Crippen LogP contribution in [0, 0.1) is 5.82 Å². The second-order valence-corrected chi connectivity index (χ2v) is 8.54. The molecule has 0 unspecified atom stereocenters. The Morgan fingerprint density at radius 1 is 1.17 bits per heavy atom. The quantitative estimate of drug-likeness (QED) is 0.770. The fourth-order valence-electron chi connectivity index (χ4n) is 3.82. The molecule has 1 saturated carbocycles. The van der Waals surface area contributed by atoms with E-state index < -0.39 is 5.82 Å². The summed E-state index contributed by atoms with van der Waals surface area (Å²) in [5, 5.41) is 10.3. The number of hydrogen-bond acceptors (Lipinski definition) is 7. The Balaban J connectivity index is 1.38. The fraction of sp³-hybridized carbons (Fsp3) is 0.650. The normalized spacial score (nSPS) is 20.9. The average molecular weight is 401 g/mol. The minimum Gasteiger partial charge on any atom is -0.378 e. The highest BCUT2D eigenvalue weighted by Crippen LogP contribution is 2.40. The van der Waals surface area contributed by atoms with Gasteiger partial charge in [0.05, 0.1) is 19.3 Å². The van der Waals surface area contributed by atoms with Crippen molar-refractivity contribution in [3.63, 3.8) is 0 Å². The number of aromatic amines is 1. The molecule has 2 N–H and O–H groups in total. The molecule has 8 nitrogen and oxygen atoms in total. The summed E-state index contributed by atoms with van der Waals surface area (Å²) in [5.74, 6) is 2.20. The van der Waals surface area contributed by atoms with Crippen molar-refractivity contribution < 1.29 is 9.13 Å². The van der Waals surface area contributed by atoms with Crippen LogP contribution in [0.25, 0.3) is 0 Å². The van der Waals surface area contributed by atoms with Crippen LogP contribution in [-0.4, -0.2) is 70.5 Å². The lowest BCUT2D eigenvalue weighted by atomic mass is 10.1. The van der Waals surface area contributed by atoms with Gasteiger partial charge in [-0.3, -0.25) is 10.00 Å². The molecule has 0 spiro atoms. The maximum absolute atomic E-state index is 15.4. The summed E-state index contributed by atoms with van der Waals surface area (Å²) in [7, 11) is 0. The van der Waals surface area contributed by atoms with E-state index in [2.05, 4.69) is 44.2 Å². The van der Waals surface area contributed by atoms with E-state index in [1.165, 1.54) is 0 Å². The van der Waals surface area contributed by atoms with Crippen molar-refractivity contribution in [3.05, 3.63) is 23.4 Å². The first kappa shape index (κ1) is 18.7. The maximum atomic E-state index is 15.4. The molecule has 0 aromatic carbocycles. The van der Waals surface area contributed by atoms with E-state index in [0.29, 0.717) is 29.5 Å². The van der Waals surface area contributed by atoms with Crippen molar-refractivity contribution in [1.29, 1.82) is 0 Å². The molecule has 156 valence electrons. The Morgan fingerprint density at radius 2 is 1.93 bits per heavy atom. The molecule has 2 saturated heterocycles. The number of rotatable bonds is 6. The van der Waals surface area contributed by atoms with Gasteiger partial charge in [0.2, 0.25) is 5.82 Å². The van der Waals surface area contributed by atoms with Crippen molar-refractivity contribution in [2.45, 2.75) is 44.6 Å². The second kappa shape index (κ2) is 7.53. The Kier molecular flexibility index (Phi) is 4.87. The number of nitrogens with zero attached hydrogens (tertiary/aromatic N) is 5. The van der Waals surface area contributed by atoms with Crippen LogP contribution in [0.4, 0.5) is 21.8 Å². The van der Waals surface area contributed by atoms with Gasteiger partial charge < -0.3 is 15.0 Å². The number of anilines is 3. The molecule has 0 atom stereocenters. The van der Waals surface area contributed by atoms with Crippen molar-refractivity contribution in [3.8, 4) is 0 Å². The number of aromatic nitrogens is 4. The summed E-state index contributed by atoms with van der Waals surface area (Å²) in [5.41, 5.74) is 1.00. The largest absolute Gasteiger partial charge is 0.378 e. The maximum Gasteiger partial charge on any atom is 0.208 e. The van der Waals surface area contributed by atoms with E-state index in [-0.39, 0.29) is 5.82 Å². The molecule has 1 aliphatic carbocycles. The average Bonchev–Trinajstić information content (AvgIpc) is 3.41. The SMILES string of the molecule is CC(C)c1cc(Nc2nc(C3CC3)nc(N3CCN(C4COC4)CC3)c2F)n[nH]1. The highest BCUT2D eigenvalue weighted by Gasteiger charge is 2.33. The van der Waals surface area contributed by atoms with Gasteiger partial charge in [-0.15, -0.1) is 0 Å². The first-order chi connectivity index (χ1) is 14.1. The number of nitrogens with one attached hydrogen (secondary N) is 2. The van der Waals surface area contributed by atoms with Gasteiger partial charge in [0.1, 0.15) is 5.82 Å². The number of H-pyrrole nitrogens is 1. The lowest BCUT2D eigenvalue weighted by Crippen LogP contribution is -2.56. The Bertz CT molecular complexity index is 870. The first-order valence-corrected chi connectivity index (χ1v) is 10.5. The summed E-state index contributed by atoms with van der Waals surface area (Å²) in [6.07, 6.45) is 2.14. The number of piperazine rings is 1. The second-order valence-electron chi connectivity index (χ2n) is 8.54. The molecular weight excluding hydrogens is 373 g/mol. The third-order valence-electron chi connectivity index (χ3n) is 6.01. The van der Waals surface area contributed by atoms with Gasteiger partial charge in [0.15, 0.2) is 17.5 Å². The van der Waals surface area contributed by atoms with E-state index >= 15 is 4.39 Å². The Hall–Kier alpha value is -2.26. The van der Waals surface area contributed by atoms with Crippen LogP contribution >= 0.6 is 0 Å². The number of hydrogen-bond donors (Lipinski definition) is 2. The number of ether oxygens (including phenoxy) is 1. The molecule has 0 radical (unpaired) electrons. The monoisotopic (exact) mass is 401 g/mol. The molecular formula is C20H28FN7O. The zero-order valence-electron chi connectivity index (χ0n) is 17.0. The topological polar surface area (TPSA) is 82.2 Å². The molecule has 2 aliphatic heterocycles. The van der Waals surface area contributed by atoms with Gasteiger partial charge in [0.25, 0.3) is 0 Å². The van der Waals surface area contributed by atoms with Gasteiger partial charge in [0, 0.05) is 43.9 Å². The van der Waals surface area contributed by atoms with E-state index in [9.17, 15) is 0 Å². The van der Waals surface area contributed by atoms with E-state index in [1.54, 1.807) is 0 Å².